The molecule has 0 bridgehead atoms. The molecule has 30 heavy (non-hydrogen) atoms. The van der Waals surface area contributed by atoms with Crippen molar-refractivity contribution in [2.75, 3.05) is 37.4 Å². The van der Waals surface area contributed by atoms with Crippen LogP contribution in [0.2, 0.25) is 0 Å². The maximum absolute atomic E-state index is 12.2. The minimum absolute atomic E-state index is 0.140. The van der Waals surface area contributed by atoms with Crippen LogP contribution in [-0.4, -0.2) is 47.4 Å². The summed E-state index contributed by atoms with van der Waals surface area (Å²) in [6.07, 6.45) is 1.77. The molecule has 1 amide bonds. The van der Waals surface area contributed by atoms with Crippen molar-refractivity contribution in [1.82, 2.24) is 5.32 Å². The smallest absolute Gasteiger partial charge is 0.232 e. The molecule has 0 aliphatic heterocycles. The Bertz CT molecular complexity index is 960. The van der Waals surface area contributed by atoms with Gasteiger partial charge in [0.2, 0.25) is 15.9 Å². The third kappa shape index (κ3) is 7.26. The summed E-state index contributed by atoms with van der Waals surface area (Å²) in [4.78, 5) is 12.1. The van der Waals surface area contributed by atoms with Gasteiger partial charge in [0.05, 0.1) is 25.6 Å². The summed E-state index contributed by atoms with van der Waals surface area (Å²) in [5.74, 6) is 1.23. The van der Waals surface area contributed by atoms with Crippen molar-refractivity contribution in [3.8, 4) is 11.5 Å². The van der Waals surface area contributed by atoms with Gasteiger partial charge in [-0.05, 0) is 44.0 Å². The largest absolute Gasteiger partial charge is 0.497 e. The van der Waals surface area contributed by atoms with E-state index in [1.165, 1.54) is 17.0 Å². The van der Waals surface area contributed by atoms with E-state index in [9.17, 15) is 13.2 Å². The van der Waals surface area contributed by atoms with Crippen LogP contribution in [0, 0.1) is 13.8 Å². The summed E-state index contributed by atoms with van der Waals surface area (Å²) in [6, 6.07) is 12.8. The van der Waals surface area contributed by atoms with Crippen molar-refractivity contribution in [2.24, 2.45) is 0 Å². The number of anilines is 1. The monoisotopic (exact) mass is 434 g/mol. The highest BCUT2D eigenvalue weighted by atomic mass is 32.2. The molecule has 0 aromatic heterocycles. The Morgan fingerprint density at radius 1 is 1.13 bits per heavy atom. The predicted molar refractivity (Wildman–Crippen MR) is 119 cm³/mol. The van der Waals surface area contributed by atoms with Crippen molar-refractivity contribution in [3.05, 3.63) is 53.6 Å². The van der Waals surface area contributed by atoms with Crippen LogP contribution in [0.5, 0.6) is 11.5 Å². The number of nitrogens with zero attached hydrogens (tertiary/aromatic N) is 1. The number of carbonyl (C=O) groups is 1. The van der Waals surface area contributed by atoms with Gasteiger partial charge in [0.1, 0.15) is 18.1 Å². The molecule has 0 fully saturated rings. The molecule has 164 valence electrons. The zero-order valence-electron chi connectivity index (χ0n) is 18.0. The Morgan fingerprint density at radius 2 is 1.90 bits per heavy atom. The first-order chi connectivity index (χ1) is 14.2. The van der Waals surface area contributed by atoms with Crippen molar-refractivity contribution in [3.63, 3.8) is 0 Å². The number of amides is 1. The Labute approximate surface area is 179 Å². The molecule has 2 aromatic rings. The van der Waals surface area contributed by atoms with Crippen LogP contribution >= 0.6 is 0 Å². The predicted octanol–water partition coefficient (Wildman–Crippen LogP) is 3.05. The number of aryl methyl sites for hydroxylation is 2. The number of methoxy groups -OCH3 is 1. The van der Waals surface area contributed by atoms with Gasteiger partial charge in [-0.1, -0.05) is 23.8 Å². The van der Waals surface area contributed by atoms with Gasteiger partial charge in [-0.3, -0.25) is 9.10 Å². The van der Waals surface area contributed by atoms with Crippen molar-refractivity contribution in [1.29, 1.82) is 0 Å². The zero-order valence-corrected chi connectivity index (χ0v) is 18.8. The molecule has 2 aromatic carbocycles. The van der Waals surface area contributed by atoms with Gasteiger partial charge in [0.25, 0.3) is 0 Å². The molecular formula is C22H30N2O5S. The highest BCUT2D eigenvalue weighted by molar-refractivity contribution is 7.92. The Balaban J connectivity index is 1.78. The van der Waals surface area contributed by atoms with Crippen molar-refractivity contribution >= 4 is 21.6 Å². The number of carbonyl (C=O) groups excluding carboxylic acids is 1. The lowest BCUT2D eigenvalue weighted by Gasteiger charge is -2.22. The van der Waals surface area contributed by atoms with Crippen molar-refractivity contribution in [2.45, 2.75) is 26.7 Å². The van der Waals surface area contributed by atoms with E-state index in [-0.39, 0.29) is 18.9 Å². The van der Waals surface area contributed by atoms with Gasteiger partial charge >= 0.3 is 0 Å². The molecule has 0 heterocycles. The zero-order chi connectivity index (χ0) is 22.1. The Kier molecular flexibility index (Phi) is 8.53. The van der Waals surface area contributed by atoms with Gasteiger partial charge in [0, 0.05) is 19.0 Å². The average Bonchev–Trinajstić information content (AvgIpc) is 2.69. The fourth-order valence-electron chi connectivity index (χ4n) is 3.04. The van der Waals surface area contributed by atoms with Crippen LogP contribution in [-0.2, 0) is 14.8 Å². The van der Waals surface area contributed by atoms with Gasteiger partial charge in [-0.2, -0.15) is 0 Å². The summed E-state index contributed by atoms with van der Waals surface area (Å²) >= 11 is 0. The summed E-state index contributed by atoms with van der Waals surface area (Å²) in [5, 5.41) is 2.80. The van der Waals surface area contributed by atoms with Crippen LogP contribution < -0.4 is 19.1 Å². The van der Waals surface area contributed by atoms with E-state index >= 15 is 0 Å². The van der Waals surface area contributed by atoms with Gasteiger partial charge in [-0.25, -0.2) is 8.42 Å². The third-order valence-corrected chi connectivity index (χ3v) is 5.71. The van der Waals surface area contributed by atoms with E-state index in [4.69, 9.17) is 9.47 Å². The van der Waals surface area contributed by atoms with E-state index in [0.29, 0.717) is 31.0 Å². The van der Waals surface area contributed by atoms with Crippen molar-refractivity contribution < 1.29 is 22.7 Å². The topological polar surface area (TPSA) is 84.9 Å². The number of rotatable bonds is 11. The number of nitrogens with one attached hydrogen (secondary N) is 1. The first-order valence-corrected chi connectivity index (χ1v) is 11.6. The molecule has 0 saturated heterocycles. The molecule has 8 heteroatoms. The van der Waals surface area contributed by atoms with E-state index in [1.807, 2.05) is 32.0 Å². The van der Waals surface area contributed by atoms with Crippen LogP contribution in [0.15, 0.2) is 42.5 Å². The molecule has 2 rings (SSSR count). The fourth-order valence-corrected chi connectivity index (χ4v) is 3.99. The molecule has 7 nitrogen and oxygen atoms in total. The average molecular weight is 435 g/mol. The molecule has 0 saturated carbocycles. The highest BCUT2D eigenvalue weighted by Gasteiger charge is 2.18. The maximum atomic E-state index is 12.2. The quantitative estimate of drug-likeness (QED) is 0.550. The second kappa shape index (κ2) is 10.9. The lowest BCUT2D eigenvalue weighted by molar-refractivity contribution is -0.121. The number of hydrogen-bond acceptors (Lipinski definition) is 5. The van der Waals surface area contributed by atoms with Gasteiger partial charge < -0.3 is 14.8 Å². The second-order valence-electron chi connectivity index (χ2n) is 7.11. The summed E-state index contributed by atoms with van der Waals surface area (Å²) < 4.78 is 36.5. The molecule has 0 unspecified atom stereocenters. The summed E-state index contributed by atoms with van der Waals surface area (Å²) in [6.45, 7) is 4.97. The van der Waals surface area contributed by atoms with Crippen LogP contribution in [0.3, 0.4) is 0 Å². The molecule has 1 N–H and O–H groups in total. The van der Waals surface area contributed by atoms with Crippen LogP contribution in [0.1, 0.15) is 24.0 Å². The van der Waals surface area contributed by atoms with Gasteiger partial charge in [-0.15, -0.1) is 0 Å². The highest BCUT2D eigenvalue weighted by Crippen LogP contribution is 2.23. The lowest BCUT2D eigenvalue weighted by atomic mass is 10.1. The normalized spacial score (nSPS) is 11.1. The van der Waals surface area contributed by atoms with Gasteiger partial charge in [0.15, 0.2) is 0 Å². The van der Waals surface area contributed by atoms with E-state index in [0.717, 1.165) is 17.6 Å². The van der Waals surface area contributed by atoms with E-state index in [1.54, 1.807) is 24.3 Å². The minimum Gasteiger partial charge on any atom is -0.497 e. The SMILES string of the molecule is COc1cccc(N(CCCC(=O)NCCOc2ccc(C)cc2C)S(C)(=O)=O)c1. The van der Waals surface area contributed by atoms with Crippen LogP contribution in [0.25, 0.3) is 0 Å². The summed E-state index contributed by atoms with van der Waals surface area (Å²) in [5.41, 5.74) is 2.74. The Hall–Kier alpha value is -2.74. The number of sulfonamides is 1. The molecule has 0 atom stereocenters. The second-order valence-corrected chi connectivity index (χ2v) is 9.01. The van der Waals surface area contributed by atoms with E-state index in [2.05, 4.69) is 5.32 Å². The number of hydrogen-bond donors (Lipinski definition) is 1. The molecule has 0 aliphatic rings. The van der Waals surface area contributed by atoms with Crippen LogP contribution in [0.4, 0.5) is 5.69 Å². The maximum Gasteiger partial charge on any atom is 0.232 e. The summed E-state index contributed by atoms with van der Waals surface area (Å²) in [7, 11) is -1.95. The molecule has 0 radical (unpaired) electrons. The first kappa shape index (κ1) is 23.5. The minimum atomic E-state index is -3.47. The fraction of sp³-hybridized carbons (Fsp3) is 0.409. The number of ether oxygens (including phenoxy) is 2. The van der Waals surface area contributed by atoms with E-state index < -0.39 is 10.0 Å². The first-order valence-electron chi connectivity index (χ1n) is 9.79. The number of benzene rings is 2. The third-order valence-electron chi connectivity index (χ3n) is 4.52. The lowest BCUT2D eigenvalue weighted by Crippen LogP contribution is -2.33. The molecule has 0 spiro atoms. The molecular weight excluding hydrogens is 404 g/mol. The molecule has 0 aliphatic carbocycles. The standard InChI is InChI=1S/C22H30N2O5S/c1-17-10-11-21(18(2)15-17)29-14-12-23-22(25)9-6-13-24(30(4,26)27)19-7-5-8-20(16-19)28-3/h5,7-8,10-11,15-16H,6,9,12-14H2,1-4H3,(H,23,25). The Morgan fingerprint density at radius 3 is 2.57 bits per heavy atom.